The molecule has 1 N–H and O–H groups in total. The van der Waals surface area contributed by atoms with Crippen LogP contribution in [-0.4, -0.2) is 37.2 Å². The van der Waals surface area contributed by atoms with Crippen LogP contribution in [0.25, 0.3) is 17.1 Å². The number of hydrazone groups is 1. The number of benzene rings is 2. The molecule has 7 nitrogen and oxygen atoms in total. The molecule has 9 heteroatoms. The number of hydrogen-bond donors (Lipinski definition) is 1. The Hall–Kier alpha value is -3.36. The smallest absolute Gasteiger partial charge is 0.250 e. The molecule has 0 saturated heterocycles. The lowest BCUT2D eigenvalue weighted by atomic mass is 10.2. The third-order valence-corrected chi connectivity index (χ3v) is 5.63. The van der Waals surface area contributed by atoms with Crippen molar-refractivity contribution in [1.82, 2.24) is 24.8 Å². The number of thioether (sulfide) groups is 1. The van der Waals surface area contributed by atoms with E-state index in [0.29, 0.717) is 16.0 Å². The molecular formula is C22H19ClN6OS. The number of carbonyl (C=O) groups excluding carboxylic acids is 1. The molecule has 2 heterocycles. The van der Waals surface area contributed by atoms with Gasteiger partial charge in [0.1, 0.15) is 0 Å². The van der Waals surface area contributed by atoms with Crippen LogP contribution in [0, 0.1) is 0 Å². The number of aromatic nitrogens is 4. The van der Waals surface area contributed by atoms with Gasteiger partial charge in [0.05, 0.1) is 17.7 Å². The highest BCUT2D eigenvalue weighted by Crippen LogP contribution is 2.28. The van der Waals surface area contributed by atoms with Crippen LogP contribution in [0.2, 0.25) is 5.02 Å². The van der Waals surface area contributed by atoms with Crippen LogP contribution in [0.4, 0.5) is 0 Å². The Morgan fingerprint density at radius 3 is 2.58 bits per heavy atom. The van der Waals surface area contributed by atoms with E-state index in [1.54, 1.807) is 6.21 Å². The average molecular weight is 451 g/mol. The van der Waals surface area contributed by atoms with E-state index >= 15 is 0 Å². The Bertz CT molecular complexity index is 1200. The molecule has 4 aromatic rings. The summed E-state index contributed by atoms with van der Waals surface area (Å²) in [7, 11) is 1.91. The van der Waals surface area contributed by atoms with E-state index in [2.05, 4.69) is 20.7 Å². The highest BCUT2D eigenvalue weighted by atomic mass is 35.5. The van der Waals surface area contributed by atoms with Crippen molar-refractivity contribution in [3.05, 3.63) is 83.6 Å². The van der Waals surface area contributed by atoms with Gasteiger partial charge in [0.25, 0.3) is 5.91 Å². The van der Waals surface area contributed by atoms with E-state index < -0.39 is 0 Å². The van der Waals surface area contributed by atoms with Crippen LogP contribution >= 0.6 is 23.4 Å². The molecule has 4 rings (SSSR count). The van der Waals surface area contributed by atoms with Crippen LogP contribution in [0.15, 0.2) is 83.2 Å². The van der Waals surface area contributed by atoms with Crippen molar-refractivity contribution >= 4 is 35.5 Å². The third-order valence-electron chi connectivity index (χ3n) is 4.45. The summed E-state index contributed by atoms with van der Waals surface area (Å²) in [5, 5.41) is 13.9. The molecule has 0 aliphatic rings. The Labute approximate surface area is 188 Å². The van der Waals surface area contributed by atoms with Crippen LogP contribution in [0.5, 0.6) is 0 Å². The molecule has 0 aliphatic carbocycles. The van der Waals surface area contributed by atoms with Crippen molar-refractivity contribution < 1.29 is 4.79 Å². The predicted octanol–water partition coefficient (Wildman–Crippen LogP) is 4.17. The van der Waals surface area contributed by atoms with E-state index in [1.165, 1.54) is 11.8 Å². The van der Waals surface area contributed by atoms with Crippen molar-refractivity contribution in [1.29, 1.82) is 0 Å². The van der Waals surface area contributed by atoms with Gasteiger partial charge in [-0.3, -0.25) is 9.36 Å². The van der Waals surface area contributed by atoms with Gasteiger partial charge in [0.15, 0.2) is 11.0 Å². The number of hydrogen-bond acceptors (Lipinski definition) is 5. The molecule has 0 atom stereocenters. The van der Waals surface area contributed by atoms with Gasteiger partial charge in [-0.15, -0.1) is 10.2 Å². The molecule has 0 aliphatic heterocycles. The predicted molar refractivity (Wildman–Crippen MR) is 124 cm³/mol. The largest absolute Gasteiger partial charge is 0.350 e. The van der Waals surface area contributed by atoms with Crippen LogP contribution in [0.1, 0.15) is 5.69 Å². The SMILES string of the molecule is Cn1cccc1/C=N/NC(=O)CSc1nnc(-c2ccccc2)n1-c1ccc(Cl)cc1. The van der Waals surface area contributed by atoms with Gasteiger partial charge < -0.3 is 4.57 Å². The van der Waals surface area contributed by atoms with Gasteiger partial charge in [-0.25, -0.2) is 5.43 Å². The Morgan fingerprint density at radius 2 is 1.87 bits per heavy atom. The van der Waals surface area contributed by atoms with Gasteiger partial charge in [0.2, 0.25) is 0 Å². The Kier molecular flexibility index (Phi) is 6.49. The lowest BCUT2D eigenvalue weighted by molar-refractivity contribution is -0.118. The first kappa shape index (κ1) is 20.9. The first-order valence-electron chi connectivity index (χ1n) is 9.44. The summed E-state index contributed by atoms with van der Waals surface area (Å²) in [6.45, 7) is 0. The molecule has 0 radical (unpaired) electrons. The van der Waals surface area contributed by atoms with Crippen molar-refractivity contribution in [2.75, 3.05) is 5.75 Å². The zero-order chi connectivity index (χ0) is 21.6. The van der Waals surface area contributed by atoms with Gasteiger partial charge in [-0.2, -0.15) is 5.10 Å². The minimum Gasteiger partial charge on any atom is -0.350 e. The van der Waals surface area contributed by atoms with Gasteiger partial charge in [0, 0.05) is 29.5 Å². The summed E-state index contributed by atoms with van der Waals surface area (Å²) in [6, 6.07) is 21.0. The lowest BCUT2D eigenvalue weighted by Crippen LogP contribution is -2.20. The summed E-state index contributed by atoms with van der Waals surface area (Å²) >= 11 is 7.34. The Morgan fingerprint density at radius 1 is 1.10 bits per heavy atom. The molecule has 0 spiro atoms. The molecule has 0 saturated carbocycles. The second-order valence-electron chi connectivity index (χ2n) is 6.61. The Balaban J connectivity index is 1.52. The molecule has 0 bridgehead atoms. The average Bonchev–Trinajstić information content (AvgIpc) is 3.40. The molecule has 31 heavy (non-hydrogen) atoms. The maximum absolute atomic E-state index is 12.3. The quantitative estimate of drug-likeness (QED) is 0.260. The standard InChI is InChI=1S/C22H19ClN6OS/c1-28-13-5-8-19(28)14-24-25-20(30)15-31-22-27-26-21(16-6-3-2-4-7-16)29(22)18-11-9-17(23)10-12-18/h2-14H,15H2,1H3,(H,25,30)/b24-14+. The monoisotopic (exact) mass is 450 g/mol. The van der Waals surface area contributed by atoms with Gasteiger partial charge in [-0.1, -0.05) is 53.7 Å². The minimum atomic E-state index is -0.234. The number of halogens is 1. The third kappa shape index (κ3) is 5.04. The summed E-state index contributed by atoms with van der Waals surface area (Å²) in [4.78, 5) is 12.3. The lowest BCUT2D eigenvalue weighted by Gasteiger charge is -2.10. The van der Waals surface area contributed by atoms with Gasteiger partial charge in [-0.05, 0) is 36.4 Å². The molecule has 2 aromatic carbocycles. The zero-order valence-electron chi connectivity index (χ0n) is 16.6. The van der Waals surface area contributed by atoms with Crippen molar-refractivity contribution in [3.63, 3.8) is 0 Å². The molecule has 2 aromatic heterocycles. The van der Waals surface area contributed by atoms with Crippen molar-refractivity contribution in [2.45, 2.75) is 5.16 Å². The molecule has 0 unspecified atom stereocenters. The van der Waals surface area contributed by atoms with E-state index in [-0.39, 0.29) is 11.7 Å². The van der Waals surface area contributed by atoms with Crippen LogP contribution < -0.4 is 5.43 Å². The normalized spacial score (nSPS) is 11.2. The summed E-state index contributed by atoms with van der Waals surface area (Å²) < 4.78 is 3.82. The maximum atomic E-state index is 12.3. The molecule has 0 fully saturated rings. The number of rotatable bonds is 7. The molecule has 156 valence electrons. The number of amides is 1. The topological polar surface area (TPSA) is 77.1 Å². The summed E-state index contributed by atoms with van der Waals surface area (Å²) in [6.07, 6.45) is 3.51. The number of carbonyl (C=O) groups is 1. The second kappa shape index (κ2) is 9.63. The van der Waals surface area contributed by atoms with Crippen LogP contribution in [0.3, 0.4) is 0 Å². The number of nitrogens with one attached hydrogen (secondary N) is 1. The van der Waals surface area contributed by atoms with Crippen LogP contribution in [-0.2, 0) is 11.8 Å². The highest BCUT2D eigenvalue weighted by Gasteiger charge is 2.17. The van der Waals surface area contributed by atoms with E-state index in [1.807, 2.05) is 89.1 Å². The summed E-state index contributed by atoms with van der Waals surface area (Å²) in [5.41, 5.74) is 5.22. The van der Waals surface area contributed by atoms with Crippen molar-refractivity contribution in [2.24, 2.45) is 12.1 Å². The van der Waals surface area contributed by atoms with E-state index in [4.69, 9.17) is 11.6 Å². The van der Waals surface area contributed by atoms with Crippen molar-refractivity contribution in [3.8, 4) is 17.1 Å². The first-order valence-corrected chi connectivity index (χ1v) is 10.8. The second-order valence-corrected chi connectivity index (χ2v) is 7.99. The highest BCUT2D eigenvalue weighted by molar-refractivity contribution is 7.99. The fourth-order valence-corrected chi connectivity index (χ4v) is 3.77. The molecule has 1 amide bonds. The zero-order valence-corrected chi connectivity index (χ0v) is 18.2. The summed E-state index contributed by atoms with van der Waals surface area (Å²) in [5.74, 6) is 0.597. The minimum absolute atomic E-state index is 0.144. The van der Waals surface area contributed by atoms with E-state index in [9.17, 15) is 4.79 Å². The maximum Gasteiger partial charge on any atom is 0.250 e. The number of aryl methyl sites for hydroxylation is 1. The molecular weight excluding hydrogens is 432 g/mol. The van der Waals surface area contributed by atoms with E-state index in [0.717, 1.165) is 16.9 Å². The van der Waals surface area contributed by atoms with Gasteiger partial charge >= 0.3 is 0 Å². The fraction of sp³-hybridized carbons (Fsp3) is 0.0909. The number of nitrogens with zero attached hydrogens (tertiary/aromatic N) is 5. The first-order chi connectivity index (χ1) is 15.1. The fourth-order valence-electron chi connectivity index (χ4n) is 2.90.